The average Bonchev–Trinajstić information content (AvgIpc) is 2.70. The van der Waals surface area contributed by atoms with E-state index in [1.54, 1.807) is 11.3 Å². The molecule has 0 fully saturated rings. The Balaban J connectivity index is 2.91. The smallest absolute Gasteiger partial charge is 0.193 e. The van der Waals surface area contributed by atoms with Crippen LogP contribution in [0.25, 0.3) is 6.08 Å². The SMILES string of the molecule is C/C(=C\c1csc(C)n1)[C@H](C=O)O[Si](C)(C)C(C)(C)C. The van der Waals surface area contributed by atoms with Gasteiger partial charge in [-0.1, -0.05) is 20.8 Å². The van der Waals surface area contributed by atoms with Crippen LogP contribution >= 0.6 is 11.3 Å². The van der Waals surface area contributed by atoms with Crippen molar-refractivity contribution < 1.29 is 9.22 Å². The Kier molecular flexibility index (Phi) is 5.46. The van der Waals surface area contributed by atoms with Crippen molar-refractivity contribution in [2.75, 3.05) is 0 Å². The zero-order valence-corrected chi connectivity index (χ0v) is 15.3. The molecule has 3 nitrogen and oxygen atoms in total. The molecule has 1 rings (SSSR count). The number of rotatable bonds is 5. The number of nitrogens with zero attached hydrogens (tertiary/aromatic N) is 1. The van der Waals surface area contributed by atoms with E-state index in [4.69, 9.17) is 4.43 Å². The third-order valence-corrected chi connectivity index (χ3v) is 9.06. The van der Waals surface area contributed by atoms with E-state index >= 15 is 0 Å². The van der Waals surface area contributed by atoms with Crippen LogP contribution in [0.1, 0.15) is 38.4 Å². The van der Waals surface area contributed by atoms with E-state index in [0.717, 1.165) is 22.6 Å². The highest BCUT2D eigenvalue weighted by molar-refractivity contribution is 7.09. The fourth-order valence-corrected chi connectivity index (χ4v) is 3.28. The highest BCUT2D eigenvalue weighted by atomic mass is 32.1. The van der Waals surface area contributed by atoms with Crippen molar-refractivity contribution >= 4 is 32.0 Å². The van der Waals surface area contributed by atoms with Crippen molar-refractivity contribution in [2.45, 2.75) is 58.9 Å². The second kappa shape index (κ2) is 6.33. The summed E-state index contributed by atoms with van der Waals surface area (Å²) in [6, 6.07) is 0. The van der Waals surface area contributed by atoms with Crippen LogP contribution in [0.15, 0.2) is 11.0 Å². The van der Waals surface area contributed by atoms with Gasteiger partial charge in [0.15, 0.2) is 14.6 Å². The fourth-order valence-electron chi connectivity index (χ4n) is 1.48. The third-order valence-electron chi connectivity index (χ3n) is 3.81. The molecule has 0 saturated heterocycles. The molecule has 0 spiro atoms. The van der Waals surface area contributed by atoms with Gasteiger partial charge in [-0.25, -0.2) is 4.98 Å². The highest BCUT2D eigenvalue weighted by Gasteiger charge is 2.39. The number of aldehydes is 1. The lowest BCUT2D eigenvalue weighted by Gasteiger charge is -2.38. The molecule has 0 bridgehead atoms. The Labute approximate surface area is 127 Å². The van der Waals surface area contributed by atoms with Gasteiger partial charge in [-0.3, -0.25) is 0 Å². The number of thiazole rings is 1. The maximum absolute atomic E-state index is 11.4. The van der Waals surface area contributed by atoms with Crippen LogP contribution in [0.3, 0.4) is 0 Å². The quantitative estimate of drug-likeness (QED) is 0.596. The molecule has 0 unspecified atom stereocenters. The fraction of sp³-hybridized carbons (Fsp3) is 0.600. The summed E-state index contributed by atoms with van der Waals surface area (Å²) in [6.45, 7) is 14.7. The molecule has 0 N–H and O–H groups in total. The van der Waals surface area contributed by atoms with E-state index in [1.807, 2.05) is 25.3 Å². The maximum atomic E-state index is 11.4. The molecule has 0 aliphatic carbocycles. The molecule has 5 heteroatoms. The number of aryl methyl sites for hydroxylation is 1. The lowest BCUT2D eigenvalue weighted by Crippen LogP contribution is -2.44. The van der Waals surface area contributed by atoms with Gasteiger partial charge >= 0.3 is 0 Å². The lowest BCUT2D eigenvalue weighted by atomic mass is 10.1. The third kappa shape index (κ3) is 4.36. The van der Waals surface area contributed by atoms with Crippen LogP contribution in [0.4, 0.5) is 0 Å². The monoisotopic (exact) mass is 311 g/mol. The predicted octanol–water partition coefficient (Wildman–Crippen LogP) is 4.44. The van der Waals surface area contributed by atoms with Gasteiger partial charge in [0.05, 0.1) is 10.7 Å². The second-order valence-corrected chi connectivity index (χ2v) is 12.4. The summed E-state index contributed by atoms with van der Waals surface area (Å²) in [7, 11) is -1.95. The Morgan fingerprint density at radius 1 is 1.45 bits per heavy atom. The zero-order chi connectivity index (χ0) is 15.6. The minimum absolute atomic E-state index is 0.0890. The first-order valence-electron chi connectivity index (χ1n) is 6.80. The van der Waals surface area contributed by atoms with Crippen LogP contribution in [-0.4, -0.2) is 25.7 Å². The number of hydrogen-bond acceptors (Lipinski definition) is 4. The van der Waals surface area contributed by atoms with Crippen molar-refractivity contribution in [3.05, 3.63) is 21.7 Å². The standard InChI is InChI=1S/C15H25NO2SSi/c1-11(8-13-10-19-12(2)16-13)14(9-17)18-20(6,7)15(3,4)5/h8-10,14H,1-7H3/b11-8+/t14-/m0/s1. The molecule has 0 amide bonds. The summed E-state index contributed by atoms with van der Waals surface area (Å²) in [5.41, 5.74) is 1.81. The van der Waals surface area contributed by atoms with E-state index in [0.29, 0.717) is 0 Å². The summed E-state index contributed by atoms with van der Waals surface area (Å²) < 4.78 is 6.17. The van der Waals surface area contributed by atoms with E-state index in [-0.39, 0.29) is 5.04 Å². The van der Waals surface area contributed by atoms with Crippen LogP contribution in [0.5, 0.6) is 0 Å². The molecule has 1 atom stereocenters. The van der Waals surface area contributed by atoms with Crippen molar-refractivity contribution in [2.24, 2.45) is 0 Å². The average molecular weight is 312 g/mol. The van der Waals surface area contributed by atoms with E-state index < -0.39 is 14.4 Å². The molecule has 0 radical (unpaired) electrons. The Morgan fingerprint density at radius 2 is 2.05 bits per heavy atom. The van der Waals surface area contributed by atoms with Crippen molar-refractivity contribution in [3.8, 4) is 0 Å². The maximum Gasteiger partial charge on any atom is 0.193 e. The molecule has 1 aromatic rings. The second-order valence-electron chi connectivity index (χ2n) is 6.61. The first-order chi connectivity index (χ1) is 9.06. The zero-order valence-electron chi connectivity index (χ0n) is 13.5. The number of aromatic nitrogens is 1. The van der Waals surface area contributed by atoms with E-state index in [2.05, 4.69) is 38.8 Å². The molecule has 1 heterocycles. The summed E-state index contributed by atoms with van der Waals surface area (Å²) in [5, 5.41) is 3.11. The van der Waals surface area contributed by atoms with Crippen molar-refractivity contribution in [1.82, 2.24) is 4.98 Å². The first kappa shape index (κ1) is 17.3. The van der Waals surface area contributed by atoms with Gasteiger partial charge in [-0.05, 0) is 43.6 Å². The molecule has 1 aromatic heterocycles. The van der Waals surface area contributed by atoms with Crippen LogP contribution in [0, 0.1) is 6.92 Å². The molecule has 0 aliphatic heterocycles. The highest BCUT2D eigenvalue weighted by Crippen LogP contribution is 2.37. The van der Waals surface area contributed by atoms with Gasteiger partial charge in [0, 0.05) is 5.38 Å². The number of carbonyl (C=O) groups is 1. The predicted molar refractivity (Wildman–Crippen MR) is 88.6 cm³/mol. The summed E-state index contributed by atoms with van der Waals surface area (Å²) in [6.07, 6.45) is 2.36. The van der Waals surface area contributed by atoms with Gasteiger partial charge in [0.2, 0.25) is 0 Å². The Hall–Kier alpha value is -0.783. The van der Waals surface area contributed by atoms with Gasteiger partial charge in [-0.2, -0.15) is 0 Å². The number of carbonyl (C=O) groups excluding carboxylic acids is 1. The van der Waals surface area contributed by atoms with Crippen LogP contribution in [0.2, 0.25) is 18.1 Å². The van der Waals surface area contributed by atoms with Gasteiger partial charge in [0.1, 0.15) is 6.10 Å². The van der Waals surface area contributed by atoms with E-state index in [9.17, 15) is 4.79 Å². The minimum atomic E-state index is -1.95. The number of hydrogen-bond donors (Lipinski definition) is 0. The molecular formula is C15H25NO2SSi. The largest absolute Gasteiger partial charge is 0.403 e. The summed E-state index contributed by atoms with van der Waals surface area (Å²) >= 11 is 1.61. The molecule has 0 aliphatic rings. The van der Waals surface area contributed by atoms with Crippen molar-refractivity contribution in [3.63, 3.8) is 0 Å². The van der Waals surface area contributed by atoms with Crippen LogP contribution in [-0.2, 0) is 9.22 Å². The molecule has 0 saturated carbocycles. The molecule has 20 heavy (non-hydrogen) atoms. The molecule has 112 valence electrons. The van der Waals surface area contributed by atoms with Crippen molar-refractivity contribution in [1.29, 1.82) is 0 Å². The minimum Gasteiger partial charge on any atom is -0.403 e. The molecular weight excluding hydrogens is 286 g/mol. The lowest BCUT2D eigenvalue weighted by molar-refractivity contribution is -0.112. The molecule has 0 aromatic carbocycles. The van der Waals surface area contributed by atoms with Gasteiger partial charge in [-0.15, -0.1) is 11.3 Å². The normalized spacial score (nSPS) is 15.2. The topological polar surface area (TPSA) is 39.2 Å². The Bertz CT molecular complexity index is 500. The van der Waals surface area contributed by atoms with Gasteiger partial charge < -0.3 is 9.22 Å². The van der Waals surface area contributed by atoms with Crippen LogP contribution < -0.4 is 0 Å². The summed E-state index contributed by atoms with van der Waals surface area (Å²) in [5.74, 6) is 0. The Morgan fingerprint density at radius 3 is 2.45 bits per heavy atom. The van der Waals surface area contributed by atoms with Gasteiger partial charge in [0.25, 0.3) is 0 Å². The summed E-state index contributed by atoms with van der Waals surface area (Å²) in [4.78, 5) is 15.8. The van der Waals surface area contributed by atoms with E-state index in [1.165, 1.54) is 0 Å². The first-order valence-corrected chi connectivity index (χ1v) is 10.6.